The van der Waals surface area contributed by atoms with Crippen molar-refractivity contribution >= 4 is 28.4 Å². The lowest BCUT2D eigenvalue weighted by Gasteiger charge is -2.32. The lowest BCUT2D eigenvalue weighted by Crippen LogP contribution is -2.51. The van der Waals surface area contributed by atoms with Gasteiger partial charge in [-0.3, -0.25) is 23.6 Å². The molecule has 200 valence electrons. The predicted octanol–water partition coefficient (Wildman–Crippen LogP) is 3.68. The first-order valence-electron chi connectivity index (χ1n) is 10.9. The van der Waals surface area contributed by atoms with Crippen LogP contribution < -0.4 is 10.1 Å². The molecule has 2 atom stereocenters. The number of urea groups is 1. The first-order valence-corrected chi connectivity index (χ1v) is 12.6. The van der Waals surface area contributed by atoms with Crippen LogP contribution in [-0.4, -0.2) is 68.4 Å². The number of fused-ring (bicyclic) bond motifs is 2. The number of imide groups is 1. The predicted molar refractivity (Wildman–Crippen MR) is 123 cm³/mol. The second-order valence-corrected chi connectivity index (χ2v) is 10.8. The van der Waals surface area contributed by atoms with Gasteiger partial charge in [0.15, 0.2) is 5.54 Å². The van der Waals surface area contributed by atoms with Crippen molar-refractivity contribution in [3.63, 3.8) is 0 Å². The molecular formula is C23H23F4N3O6S. The number of carbonyl (C=O) groups is 3. The molecular weight excluding hydrogens is 522 g/mol. The summed E-state index contributed by atoms with van der Waals surface area (Å²) in [6.45, 7) is -0.832. The normalized spacial score (nSPS) is 22.0. The van der Waals surface area contributed by atoms with Crippen LogP contribution >= 0.6 is 10.6 Å². The van der Waals surface area contributed by atoms with Gasteiger partial charge in [0.25, 0.3) is 5.91 Å². The molecule has 2 aliphatic rings. The molecule has 37 heavy (non-hydrogen) atoms. The highest BCUT2D eigenvalue weighted by Gasteiger charge is 2.60. The zero-order valence-electron chi connectivity index (χ0n) is 19.6. The zero-order chi connectivity index (χ0) is 27.3. The van der Waals surface area contributed by atoms with Gasteiger partial charge < -0.3 is 15.0 Å². The van der Waals surface area contributed by atoms with Crippen molar-refractivity contribution in [2.45, 2.75) is 36.1 Å². The van der Waals surface area contributed by atoms with E-state index in [1.807, 2.05) is 0 Å². The summed E-state index contributed by atoms with van der Waals surface area (Å²) in [5, 5.41) is 2.40. The van der Waals surface area contributed by atoms with Crippen LogP contribution in [0.4, 0.5) is 22.4 Å². The summed E-state index contributed by atoms with van der Waals surface area (Å²) in [6.07, 6.45) is -4.83. The van der Waals surface area contributed by atoms with Crippen molar-refractivity contribution in [1.29, 1.82) is 0 Å². The summed E-state index contributed by atoms with van der Waals surface area (Å²) in [5.74, 6) is -3.13. The molecule has 2 heterocycles. The number of halogens is 4. The number of amides is 4. The molecule has 3 N–H and O–H groups in total. The second kappa shape index (κ2) is 9.19. The smallest absolute Gasteiger partial charge is 0.408 e. The molecule has 0 aliphatic carbocycles. The van der Waals surface area contributed by atoms with Crippen LogP contribution in [0, 0.1) is 5.82 Å². The fraction of sp³-hybridized carbons (Fsp3) is 0.348. The number of alkyl halides is 3. The molecule has 0 bridgehead atoms. The maximum atomic E-state index is 13.6. The van der Waals surface area contributed by atoms with Crippen LogP contribution in [0.1, 0.15) is 18.1 Å². The van der Waals surface area contributed by atoms with E-state index < -0.39 is 70.9 Å². The summed E-state index contributed by atoms with van der Waals surface area (Å²) in [7, 11) is -2.19. The van der Waals surface area contributed by atoms with E-state index >= 15 is 0 Å². The summed E-state index contributed by atoms with van der Waals surface area (Å²) in [4.78, 5) is 40.2. The minimum atomic E-state index is -4.83. The van der Waals surface area contributed by atoms with Crippen LogP contribution in [0.25, 0.3) is 0 Å². The quantitative estimate of drug-likeness (QED) is 0.377. The molecule has 0 radical (unpaired) electrons. The number of methoxy groups -OCH3 is 1. The SMILES string of the molecule is COc1ccc2c(c1)S(O)(O)CC21NC(=O)N(CC(=O)N(Cc2ccc(F)cc2)[C@@H](C)C(F)(F)F)C1=O. The van der Waals surface area contributed by atoms with Crippen molar-refractivity contribution < 1.29 is 45.8 Å². The minimum Gasteiger partial charge on any atom is -0.497 e. The molecule has 2 aromatic carbocycles. The van der Waals surface area contributed by atoms with E-state index in [0.717, 1.165) is 19.1 Å². The van der Waals surface area contributed by atoms with Crippen LogP contribution in [0.15, 0.2) is 47.4 Å². The fourth-order valence-corrected chi connectivity index (χ4v) is 6.40. The third kappa shape index (κ3) is 4.71. The van der Waals surface area contributed by atoms with E-state index in [0.29, 0.717) is 9.80 Å². The average molecular weight is 546 g/mol. The fourth-order valence-electron chi connectivity index (χ4n) is 4.39. The van der Waals surface area contributed by atoms with E-state index in [2.05, 4.69) is 5.32 Å². The molecule has 4 amide bonds. The van der Waals surface area contributed by atoms with Gasteiger partial charge in [0.1, 0.15) is 24.2 Å². The molecule has 0 saturated carbocycles. The number of hydrogen-bond acceptors (Lipinski definition) is 6. The van der Waals surface area contributed by atoms with Gasteiger partial charge in [-0.05, 0) is 30.7 Å². The number of carbonyl (C=O) groups excluding carboxylic acids is 3. The van der Waals surface area contributed by atoms with Gasteiger partial charge in [0, 0.05) is 18.2 Å². The first-order chi connectivity index (χ1) is 17.2. The van der Waals surface area contributed by atoms with E-state index in [1.54, 1.807) is 0 Å². The third-order valence-electron chi connectivity index (χ3n) is 6.42. The van der Waals surface area contributed by atoms with E-state index in [4.69, 9.17) is 4.74 Å². The highest BCUT2D eigenvalue weighted by molar-refractivity contribution is 8.24. The molecule has 1 fully saturated rings. The van der Waals surface area contributed by atoms with E-state index in [9.17, 15) is 41.1 Å². The zero-order valence-corrected chi connectivity index (χ0v) is 20.4. The Morgan fingerprint density at radius 1 is 1.22 bits per heavy atom. The van der Waals surface area contributed by atoms with Crippen molar-refractivity contribution in [3.05, 3.63) is 59.4 Å². The summed E-state index contributed by atoms with van der Waals surface area (Å²) < 4.78 is 80.3. The molecule has 2 aliphatic heterocycles. The molecule has 0 aromatic heterocycles. The Hall–Kier alpha value is -3.36. The highest BCUT2D eigenvalue weighted by atomic mass is 32.3. The Morgan fingerprint density at radius 3 is 2.46 bits per heavy atom. The standard InChI is InChI=1S/C23H23F4N3O6S/c1-13(23(25,26)27)29(10-14-3-5-15(24)6-4-14)19(31)11-30-20(32)22(28-21(30)33)12-37(34,35)18-9-16(36-2)7-8-17(18)22/h3-9,13,34-35H,10-12H2,1-2H3,(H,28,33)/t13-,22?/m0/s1. The number of rotatable bonds is 6. The monoisotopic (exact) mass is 545 g/mol. The van der Waals surface area contributed by atoms with E-state index in [1.165, 1.54) is 37.4 Å². The molecule has 14 heteroatoms. The Kier molecular flexibility index (Phi) is 6.63. The van der Waals surface area contributed by atoms with Crippen molar-refractivity contribution in [3.8, 4) is 5.75 Å². The average Bonchev–Trinajstić information content (AvgIpc) is 3.20. The van der Waals surface area contributed by atoms with Crippen molar-refractivity contribution in [1.82, 2.24) is 15.1 Å². The molecule has 1 spiro atoms. The number of ether oxygens (including phenoxy) is 1. The summed E-state index contributed by atoms with van der Waals surface area (Å²) in [6, 6.07) is 5.29. The molecule has 1 unspecified atom stereocenters. The van der Waals surface area contributed by atoms with Gasteiger partial charge in [-0.25, -0.2) is 9.18 Å². The highest BCUT2D eigenvalue weighted by Crippen LogP contribution is 2.62. The van der Waals surface area contributed by atoms with Crippen molar-refractivity contribution in [2.75, 3.05) is 19.4 Å². The Balaban J connectivity index is 1.63. The van der Waals surface area contributed by atoms with Gasteiger partial charge in [0.2, 0.25) is 5.91 Å². The topological polar surface area (TPSA) is 119 Å². The number of hydrogen-bond donors (Lipinski definition) is 3. The number of nitrogens with one attached hydrogen (secondary N) is 1. The lowest BCUT2D eigenvalue weighted by molar-refractivity contribution is -0.187. The van der Waals surface area contributed by atoms with Gasteiger partial charge in [-0.2, -0.15) is 23.8 Å². The van der Waals surface area contributed by atoms with Crippen LogP contribution in [-0.2, 0) is 21.7 Å². The van der Waals surface area contributed by atoms with Gasteiger partial charge in [-0.1, -0.05) is 18.2 Å². The van der Waals surface area contributed by atoms with Crippen molar-refractivity contribution in [2.24, 2.45) is 0 Å². The summed E-state index contributed by atoms with van der Waals surface area (Å²) >= 11 is 0. The number of benzene rings is 2. The maximum absolute atomic E-state index is 13.6. The second-order valence-electron chi connectivity index (χ2n) is 8.77. The van der Waals surface area contributed by atoms with Crippen LogP contribution in [0.5, 0.6) is 5.75 Å². The maximum Gasteiger partial charge on any atom is 0.408 e. The molecule has 9 nitrogen and oxygen atoms in total. The van der Waals surface area contributed by atoms with Gasteiger partial charge in [-0.15, -0.1) is 0 Å². The van der Waals surface area contributed by atoms with Gasteiger partial charge >= 0.3 is 12.2 Å². The Morgan fingerprint density at radius 2 is 1.86 bits per heavy atom. The third-order valence-corrected chi connectivity index (χ3v) is 8.29. The molecule has 1 saturated heterocycles. The lowest BCUT2D eigenvalue weighted by atomic mass is 9.92. The van der Waals surface area contributed by atoms with E-state index in [-0.39, 0.29) is 21.8 Å². The summed E-state index contributed by atoms with van der Waals surface area (Å²) in [5.41, 5.74) is -1.62. The molecule has 4 rings (SSSR count). The Labute approximate surface area is 210 Å². The van der Waals surface area contributed by atoms with Crippen LogP contribution in [0.2, 0.25) is 0 Å². The largest absolute Gasteiger partial charge is 0.497 e. The number of nitrogens with zero attached hydrogens (tertiary/aromatic N) is 2. The van der Waals surface area contributed by atoms with Gasteiger partial charge in [0.05, 0.1) is 17.8 Å². The Bertz CT molecular complexity index is 1260. The first kappa shape index (κ1) is 26.7. The minimum absolute atomic E-state index is 0.0164. The molecule has 2 aromatic rings. The van der Waals surface area contributed by atoms with Crippen LogP contribution in [0.3, 0.4) is 0 Å².